The van der Waals surface area contributed by atoms with Crippen molar-refractivity contribution in [3.8, 4) is 5.75 Å². The Kier molecular flexibility index (Phi) is 4.47. The number of methoxy groups -OCH3 is 1. The van der Waals surface area contributed by atoms with Crippen molar-refractivity contribution >= 4 is 5.78 Å². The molecule has 0 spiro atoms. The lowest BCUT2D eigenvalue weighted by Crippen LogP contribution is -2.12. The summed E-state index contributed by atoms with van der Waals surface area (Å²) in [4.78, 5) is 12.0. The highest BCUT2D eigenvalue weighted by molar-refractivity contribution is 6.00. The number of hydrogen-bond acceptors (Lipinski definition) is 2. The molecule has 0 aliphatic carbocycles. The number of benzene rings is 1. The topological polar surface area (TPSA) is 26.3 Å². The van der Waals surface area contributed by atoms with Crippen LogP contribution in [0.15, 0.2) is 18.2 Å². The summed E-state index contributed by atoms with van der Waals surface area (Å²) in [6.45, 7) is 3.92. The van der Waals surface area contributed by atoms with Crippen LogP contribution in [-0.2, 0) is 0 Å². The average molecular weight is 224 g/mol. The molecule has 0 saturated carbocycles. The van der Waals surface area contributed by atoms with Crippen molar-refractivity contribution in [2.75, 3.05) is 7.11 Å². The van der Waals surface area contributed by atoms with Gasteiger partial charge in [0.1, 0.15) is 11.6 Å². The lowest BCUT2D eigenvalue weighted by atomic mass is 9.95. The Morgan fingerprint density at radius 3 is 2.75 bits per heavy atom. The molecule has 1 unspecified atom stereocenters. The maximum absolute atomic E-state index is 13.0. The van der Waals surface area contributed by atoms with Crippen LogP contribution >= 0.6 is 0 Å². The van der Waals surface area contributed by atoms with Gasteiger partial charge in [-0.1, -0.05) is 20.3 Å². The summed E-state index contributed by atoms with van der Waals surface area (Å²) in [6, 6.07) is 4.02. The van der Waals surface area contributed by atoms with Gasteiger partial charge in [0.05, 0.1) is 12.7 Å². The summed E-state index contributed by atoms with van der Waals surface area (Å²) in [7, 11) is 1.44. The number of ketones is 1. The maximum atomic E-state index is 13.0. The van der Waals surface area contributed by atoms with Gasteiger partial charge in [-0.15, -0.1) is 0 Å². The van der Waals surface area contributed by atoms with Crippen LogP contribution in [0.25, 0.3) is 0 Å². The van der Waals surface area contributed by atoms with Gasteiger partial charge in [-0.2, -0.15) is 0 Å². The van der Waals surface area contributed by atoms with Gasteiger partial charge in [-0.25, -0.2) is 4.39 Å². The number of carbonyl (C=O) groups is 1. The minimum atomic E-state index is -0.392. The molecule has 3 heteroatoms. The molecule has 0 heterocycles. The molecule has 0 aromatic heterocycles. The maximum Gasteiger partial charge on any atom is 0.169 e. The van der Waals surface area contributed by atoms with E-state index in [-0.39, 0.29) is 11.7 Å². The summed E-state index contributed by atoms with van der Waals surface area (Å²) in [5, 5.41) is 0. The van der Waals surface area contributed by atoms with E-state index in [1.54, 1.807) is 0 Å². The zero-order valence-electron chi connectivity index (χ0n) is 9.92. The van der Waals surface area contributed by atoms with E-state index in [9.17, 15) is 9.18 Å². The van der Waals surface area contributed by atoms with E-state index in [0.717, 1.165) is 12.8 Å². The number of halogens is 1. The number of Topliss-reactive ketones (excluding diaryl/α,β-unsaturated/α-hetero) is 1. The number of ether oxygens (including phenoxy) is 1. The van der Waals surface area contributed by atoms with Crippen molar-refractivity contribution in [3.63, 3.8) is 0 Å². The van der Waals surface area contributed by atoms with Crippen LogP contribution in [0.4, 0.5) is 4.39 Å². The first kappa shape index (κ1) is 12.7. The minimum Gasteiger partial charge on any atom is -0.496 e. The third kappa shape index (κ3) is 2.81. The summed E-state index contributed by atoms with van der Waals surface area (Å²) in [5.41, 5.74) is 0.463. The molecule has 0 saturated heterocycles. The predicted octanol–water partition coefficient (Wildman–Crippen LogP) is 3.45. The monoisotopic (exact) mass is 224 g/mol. The SMILES string of the molecule is CCCC(C)C(=O)c1ccc(F)cc1OC. The van der Waals surface area contributed by atoms with Crippen LogP contribution in [0, 0.1) is 11.7 Å². The normalized spacial score (nSPS) is 12.2. The predicted molar refractivity (Wildman–Crippen MR) is 61.4 cm³/mol. The lowest BCUT2D eigenvalue weighted by Gasteiger charge is -2.12. The molecule has 0 fully saturated rings. The van der Waals surface area contributed by atoms with Gasteiger partial charge in [-0.05, 0) is 18.6 Å². The molecular weight excluding hydrogens is 207 g/mol. The molecule has 0 aliphatic rings. The first-order valence-electron chi connectivity index (χ1n) is 5.47. The lowest BCUT2D eigenvalue weighted by molar-refractivity contribution is 0.0920. The third-order valence-electron chi connectivity index (χ3n) is 2.60. The molecule has 88 valence electrons. The van der Waals surface area contributed by atoms with Gasteiger partial charge in [0.25, 0.3) is 0 Å². The second-order valence-corrected chi connectivity index (χ2v) is 3.90. The standard InChI is InChI=1S/C13H17FO2/c1-4-5-9(2)13(15)11-7-6-10(14)8-12(11)16-3/h6-9H,4-5H2,1-3H3. The van der Waals surface area contributed by atoms with Crippen molar-refractivity contribution < 1.29 is 13.9 Å². The fourth-order valence-corrected chi connectivity index (χ4v) is 1.70. The Labute approximate surface area is 95.4 Å². The van der Waals surface area contributed by atoms with Gasteiger partial charge in [-0.3, -0.25) is 4.79 Å². The number of hydrogen-bond donors (Lipinski definition) is 0. The highest BCUT2D eigenvalue weighted by Crippen LogP contribution is 2.24. The largest absolute Gasteiger partial charge is 0.496 e. The van der Waals surface area contributed by atoms with Crippen molar-refractivity contribution in [2.45, 2.75) is 26.7 Å². The summed E-state index contributed by atoms with van der Waals surface area (Å²) < 4.78 is 18.0. The van der Waals surface area contributed by atoms with Crippen molar-refractivity contribution in [1.82, 2.24) is 0 Å². The van der Waals surface area contributed by atoms with E-state index >= 15 is 0 Å². The van der Waals surface area contributed by atoms with E-state index in [1.807, 2.05) is 13.8 Å². The van der Waals surface area contributed by atoms with Crippen LogP contribution < -0.4 is 4.74 Å². The molecule has 1 aromatic rings. The molecule has 2 nitrogen and oxygen atoms in total. The molecular formula is C13H17FO2. The van der Waals surface area contributed by atoms with Crippen molar-refractivity contribution in [2.24, 2.45) is 5.92 Å². The van der Waals surface area contributed by atoms with Crippen LogP contribution in [0.1, 0.15) is 37.0 Å². The molecule has 0 N–H and O–H groups in total. The van der Waals surface area contributed by atoms with Crippen LogP contribution in [0.3, 0.4) is 0 Å². The molecule has 16 heavy (non-hydrogen) atoms. The van der Waals surface area contributed by atoms with E-state index < -0.39 is 5.82 Å². The smallest absolute Gasteiger partial charge is 0.169 e. The Bertz CT molecular complexity index is 374. The second kappa shape index (κ2) is 5.64. The minimum absolute atomic E-state index is 0.0127. The highest BCUT2D eigenvalue weighted by Gasteiger charge is 2.18. The van der Waals surface area contributed by atoms with Gasteiger partial charge in [0, 0.05) is 12.0 Å². The molecule has 1 atom stereocenters. The summed E-state index contributed by atoms with van der Waals surface area (Å²) in [5.74, 6) is -0.118. The molecule has 1 aromatic carbocycles. The Balaban J connectivity index is 2.98. The van der Waals surface area contributed by atoms with Gasteiger partial charge < -0.3 is 4.74 Å². The number of rotatable bonds is 5. The van der Waals surface area contributed by atoms with E-state index in [0.29, 0.717) is 11.3 Å². The zero-order valence-corrected chi connectivity index (χ0v) is 9.92. The first-order valence-corrected chi connectivity index (χ1v) is 5.47. The van der Waals surface area contributed by atoms with E-state index in [1.165, 1.54) is 25.3 Å². The fraction of sp³-hybridized carbons (Fsp3) is 0.462. The molecule has 0 aliphatic heterocycles. The Hall–Kier alpha value is -1.38. The van der Waals surface area contributed by atoms with Gasteiger partial charge >= 0.3 is 0 Å². The van der Waals surface area contributed by atoms with Gasteiger partial charge in [0.15, 0.2) is 5.78 Å². The quantitative estimate of drug-likeness (QED) is 0.716. The van der Waals surface area contributed by atoms with E-state index in [2.05, 4.69) is 0 Å². The fourth-order valence-electron chi connectivity index (χ4n) is 1.70. The summed E-state index contributed by atoms with van der Waals surface area (Å²) in [6.07, 6.45) is 1.79. The van der Waals surface area contributed by atoms with Crippen molar-refractivity contribution in [1.29, 1.82) is 0 Å². The first-order chi connectivity index (χ1) is 7.60. The molecule has 0 amide bonds. The van der Waals surface area contributed by atoms with E-state index in [4.69, 9.17) is 4.74 Å². The Morgan fingerprint density at radius 1 is 1.50 bits per heavy atom. The zero-order chi connectivity index (χ0) is 12.1. The Morgan fingerprint density at radius 2 is 2.19 bits per heavy atom. The third-order valence-corrected chi connectivity index (χ3v) is 2.60. The molecule has 1 rings (SSSR count). The highest BCUT2D eigenvalue weighted by atomic mass is 19.1. The second-order valence-electron chi connectivity index (χ2n) is 3.90. The number of carbonyl (C=O) groups excluding carboxylic acids is 1. The van der Waals surface area contributed by atoms with Gasteiger partial charge in [0.2, 0.25) is 0 Å². The van der Waals surface area contributed by atoms with Crippen molar-refractivity contribution in [3.05, 3.63) is 29.6 Å². The molecule has 0 radical (unpaired) electrons. The van der Waals surface area contributed by atoms with Crippen LogP contribution in [-0.4, -0.2) is 12.9 Å². The van der Waals surface area contributed by atoms with Crippen LogP contribution in [0.5, 0.6) is 5.75 Å². The molecule has 0 bridgehead atoms. The average Bonchev–Trinajstić information content (AvgIpc) is 2.28. The van der Waals surface area contributed by atoms with Crippen LogP contribution in [0.2, 0.25) is 0 Å². The summed E-state index contributed by atoms with van der Waals surface area (Å²) >= 11 is 0.